The fourth-order valence-corrected chi connectivity index (χ4v) is 4.50. The van der Waals surface area contributed by atoms with Gasteiger partial charge in [-0.15, -0.1) is 0 Å². The summed E-state index contributed by atoms with van der Waals surface area (Å²) in [5.74, 6) is 1.31. The lowest BCUT2D eigenvalue weighted by molar-refractivity contribution is -0.135. The number of hydrogen-bond acceptors (Lipinski definition) is 2. The molecule has 4 nitrogen and oxygen atoms in total. The van der Waals surface area contributed by atoms with Crippen molar-refractivity contribution >= 4 is 11.8 Å². The SMILES string of the molecule is O=C(NCc1ccccc1)C1CCN(C(=O)CCCC2CCCCC2)CC1. The van der Waals surface area contributed by atoms with Crippen molar-refractivity contribution in [2.75, 3.05) is 13.1 Å². The van der Waals surface area contributed by atoms with Crippen LogP contribution < -0.4 is 5.32 Å². The van der Waals surface area contributed by atoms with Crippen LogP contribution in [0.1, 0.15) is 69.8 Å². The molecular formula is C23H34N2O2. The van der Waals surface area contributed by atoms with Crippen molar-refractivity contribution in [1.82, 2.24) is 10.2 Å². The van der Waals surface area contributed by atoms with Crippen LogP contribution in [0.15, 0.2) is 30.3 Å². The van der Waals surface area contributed by atoms with Crippen LogP contribution in [0.5, 0.6) is 0 Å². The van der Waals surface area contributed by atoms with E-state index in [9.17, 15) is 9.59 Å². The topological polar surface area (TPSA) is 49.4 Å². The molecule has 0 atom stereocenters. The van der Waals surface area contributed by atoms with E-state index < -0.39 is 0 Å². The highest BCUT2D eigenvalue weighted by Crippen LogP contribution is 2.28. The lowest BCUT2D eigenvalue weighted by atomic mass is 9.86. The zero-order chi connectivity index (χ0) is 18.9. The van der Waals surface area contributed by atoms with Crippen LogP contribution in [-0.4, -0.2) is 29.8 Å². The van der Waals surface area contributed by atoms with Crippen molar-refractivity contribution < 1.29 is 9.59 Å². The molecule has 27 heavy (non-hydrogen) atoms. The van der Waals surface area contributed by atoms with E-state index in [4.69, 9.17) is 0 Å². The van der Waals surface area contributed by atoms with Crippen molar-refractivity contribution in [2.45, 2.75) is 70.8 Å². The smallest absolute Gasteiger partial charge is 0.223 e. The summed E-state index contributed by atoms with van der Waals surface area (Å²) in [4.78, 5) is 26.8. The Morgan fingerprint density at radius 1 is 0.963 bits per heavy atom. The van der Waals surface area contributed by atoms with Crippen LogP contribution in [0.2, 0.25) is 0 Å². The lowest BCUT2D eigenvalue weighted by Gasteiger charge is -2.31. The lowest BCUT2D eigenvalue weighted by Crippen LogP contribution is -2.42. The summed E-state index contributed by atoms with van der Waals surface area (Å²) in [6.07, 6.45) is 11.4. The molecule has 2 fully saturated rings. The Bertz CT molecular complexity index is 588. The van der Waals surface area contributed by atoms with Gasteiger partial charge in [-0.05, 0) is 37.2 Å². The molecule has 3 rings (SSSR count). The predicted molar refractivity (Wildman–Crippen MR) is 108 cm³/mol. The summed E-state index contributed by atoms with van der Waals surface area (Å²) in [6, 6.07) is 10.00. The largest absolute Gasteiger partial charge is 0.352 e. The first-order chi connectivity index (χ1) is 13.2. The second kappa shape index (κ2) is 10.5. The number of hydrogen-bond donors (Lipinski definition) is 1. The molecule has 148 valence electrons. The van der Waals surface area contributed by atoms with E-state index in [0.717, 1.165) is 43.8 Å². The zero-order valence-electron chi connectivity index (χ0n) is 16.5. The van der Waals surface area contributed by atoms with Crippen LogP contribution >= 0.6 is 0 Å². The van der Waals surface area contributed by atoms with E-state index in [1.54, 1.807) is 0 Å². The van der Waals surface area contributed by atoms with Gasteiger partial charge < -0.3 is 10.2 Å². The highest BCUT2D eigenvalue weighted by molar-refractivity contribution is 5.80. The Morgan fingerprint density at radius 2 is 1.67 bits per heavy atom. The molecule has 1 aliphatic heterocycles. The summed E-state index contributed by atoms with van der Waals surface area (Å²) in [6.45, 7) is 2.04. The maximum Gasteiger partial charge on any atom is 0.223 e. The molecule has 1 aliphatic carbocycles. The number of carbonyl (C=O) groups excluding carboxylic acids is 2. The van der Waals surface area contributed by atoms with E-state index in [1.807, 2.05) is 35.2 Å². The van der Waals surface area contributed by atoms with Gasteiger partial charge in [0.1, 0.15) is 0 Å². The minimum Gasteiger partial charge on any atom is -0.352 e. The van der Waals surface area contributed by atoms with E-state index in [0.29, 0.717) is 13.0 Å². The minimum absolute atomic E-state index is 0.0417. The predicted octanol–water partition coefficient (Wildman–Crippen LogP) is 4.29. The number of rotatable bonds is 7. The first kappa shape index (κ1) is 19.9. The molecule has 1 saturated carbocycles. The molecule has 1 N–H and O–H groups in total. The van der Waals surface area contributed by atoms with Crippen molar-refractivity contribution in [3.05, 3.63) is 35.9 Å². The Balaban J connectivity index is 1.31. The molecule has 4 heteroatoms. The molecule has 2 aliphatic rings. The number of nitrogens with one attached hydrogen (secondary N) is 1. The Hall–Kier alpha value is -1.84. The van der Waals surface area contributed by atoms with Gasteiger partial charge in [-0.1, -0.05) is 62.4 Å². The van der Waals surface area contributed by atoms with E-state index in [2.05, 4.69) is 5.32 Å². The highest BCUT2D eigenvalue weighted by atomic mass is 16.2. The molecule has 1 saturated heterocycles. The first-order valence-corrected chi connectivity index (χ1v) is 10.8. The number of piperidine rings is 1. The number of likely N-dealkylation sites (tertiary alicyclic amines) is 1. The van der Waals surface area contributed by atoms with Gasteiger partial charge in [-0.2, -0.15) is 0 Å². The van der Waals surface area contributed by atoms with E-state index in [-0.39, 0.29) is 17.7 Å². The van der Waals surface area contributed by atoms with Gasteiger partial charge in [0.05, 0.1) is 0 Å². The van der Waals surface area contributed by atoms with Gasteiger partial charge in [-0.3, -0.25) is 9.59 Å². The summed E-state index contributed by atoms with van der Waals surface area (Å²) in [5.41, 5.74) is 1.12. The number of carbonyl (C=O) groups is 2. The fourth-order valence-electron chi connectivity index (χ4n) is 4.50. The Labute approximate surface area is 163 Å². The zero-order valence-corrected chi connectivity index (χ0v) is 16.5. The summed E-state index contributed by atoms with van der Waals surface area (Å²) >= 11 is 0. The average Bonchev–Trinajstić information content (AvgIpc) is 2.73. The molecule has 1 aromatic carbocycles. The van der Waals surface area contributed by atoms with Crippen LogP contribution in [0.3, 0.4) is 0 Å². The normalized spacial score (nSPS) is 19.0. The van der Waals surface area contributed by atoms with Gasteiger partial charge in [0.2, 0.25) is 11.8 Å². The highest BCUT2D eigenvalue weighted by Gasteiger charge is 2.27. The van der Waals surface area contributed by atoms with Gasteiger partial charge in [0.25, 0.3) is 0 Å². The maximum absolute atomic E-state index is 12.5. The first-order valence-electron chi connectivity index (χ1n) is 10.8. The molecule has 0 radical (unpaired) electrons. The second-order valence-corrected chi connectivity index (χ2v) is 8.25. The molecule has 1 heterocycles. The van der Waals surface area contributed by atoms with Crippen LogP contribution in [0, 0.1) is 11.8 Å². The van der Waals surface area contributed by atoms with E-state index >= 15 is 0 Å². The van der Waals surface area contributed by atoms with Crippen molar-refractivity contribution in [3.63, 3.8) is 0 Å². The minimum atomic E-state index is 0.0417. The van der Waals surface area contributed by atoms with Crippen LogP contribution in [0.4, 0.5) is 0 Å². The standard InChI is InChI=1S/C23H34N2O2/c26-22(13-7-12-19-8-3-1-4-9-19)25-16-14-21(15-17-25)23(27)24-18-20-10-5-2-6-11-20/h2,5-6,10-11,19,21H,1,3-4,7-9,12-18H2,(H,24,27). The van der Waals surface area contributed by atoms with Crippen molar-refractivity contribution in [2.24, 2.45) is 11.8 Å². The number of benzene rings is 1. The van der Waals surface area contributed by atoms with Crippen LogP contribution in [-0.2, 0) is 16.1 Å². The Morgan fingerprint density at radius 3 is 2.37 bits per heavy atom. The molecule has 0 spiro atoms. The third-order valence-electron chi connectivity index (χ3n) is 6.26. The third-order valence-corrected chi connectivity index (χ3v) is 6.26. The van der Waals surface area contributed by atoms with E-state index in [1.165, 1.54) is 38.5 Å². The summed E-state index contributed by atoms with van der Waals surface area (Å²) < 4.78 is 0. The van der Waals surface area contributed by atoms with Crippen molar-refractivity contribution in [1.29, 1.82) is 0 Å². The number of nitrogens with zero attached hydrogens (tertiary/aromatic N) is 1. The summed E-state index contributed by atoms with van der Waals surface area (Å²) in [5, 5.41) is 3.04. The number of amides is 2. The average molecular weight is 371 g/mol. The molecule has 0 unspecified atom stereocenters. The quantitative estimate of drug-likeness (QED) is 0.778. The molecule has 1 aromatic rings. The molecule has 0 bridgehead atoms. The van der Waals surface area contributed by atoms with Crippen LogP contribution in [0.25, 0.3) is 0 Å². The van der Waals surface area contributed by atoms with Gasteiger partial charge in [0.15, 0.2) is 0 Å². The van der Waals surface area contributed by atoms with Gasteiger partial charge in [0, 0.05) is 32.0 Å². The van der Waals surface area contributed by atoms with Crippen molar-refractivity contribution in [3.8, 4) is 0 Å². The fraction of sp³-hybridized carbons (Fsp3) is 0.652. The monoisotopic (exact) mass is 370 g/mol. The molecular weight excluding hydrogens is 336 g/mol. The van der Waals surface area contributed by atoms with Gasteiger partial charge >= 0.3 is 0 Å². The second-order valence-electron chi connectivity index (χ2n) is 8.25. The third kappa shape index (κ3) is 6.37. The molecule has 2 amide bonds. The summed E-state index contributed by atoms with van der Waals surface area (Å²) in [7, 11) is 0. The molecule has 0 aromatic heterocycles. The maximum atomic E-state index is 12.5. The Kier molecular flexibility index (Phi) is 7.73. The van der Waals surface area contributed by atoms with Gasteiger partial charge in [-0.25, -0.2) is 0 Å².